The minimum Gasteiger partial charge on any atom is -0.352 e. The molecule has 2 unspecified atom stereocenters. The predicted octanol–water partition coefficient (Wildman–Crippen LogP) is 1.42. The molecule has 4 nitrogen and oxygen atoms in total. The van der Waals surface area contributed by atoms with Crippen molar-refractivity contribution in [1.82, 2.24) is 10.6 Å². The van der Waals surface area contributed by atoms with E-state index < -0.39 is 0 Å². The summed E-state index contributed by atoms with van der Waals surface area (Å²) in [4.78, 5) is 12.2. The molecule has 4 heteroatoms. The van der Waals surface area contributed by atoms with Gasteiger partial charge in [0.15, 0.2) is 0 Å². The number of fused-ring (bicyclic) bond motifs is 1. The van der Waals surface area contributed by atoms with Crippen molar-refractivity contribution in [3.8, 4) is 0 Å². The molecule has 0 aromatic heterocycles. The predicted molar refractivity (Wildman–Crippen MR) is 78.8 cm³/mol. The van der Waals surface area contributed by atoms with Crippen molar-refractivity contribution in [3.05, 3.63) is 34.9 Å². The van der Waals surface area contributed by atoms with E-state index in [1.165, 1.54) is 16.7 Å². The number of carbonyl (C=O) groups excluding carboxylic acids is 1. The summed E-state index contributed by atoms with van der Waals surface area (Å²) in [6.07, 6.45) is 3.94. The molecule has 0 saturated heterocycles. The van der Waals surface area contributed by atoms with Gasteiger partial charge in [0.1, 0.15) is 0 Å². The zero-order valence-corrected chi connectivity index (χ0v) is 11.8. The third kappa shape index (κ3) is 3.02. The van der Waals surface area contributed by atoms with Crippen LogP contribution >= 0.6 is 0 Å². The SMILES string of the molecule is NC1CCCC(C(=O)NCc2ccc3c(c2)CNC3)C1. The number of rotatable bonds is 3. The Morgan fingerprint density at radius 1 is 1.30 bits per heavy atom. The highest BCUT2D eigenvalue weighted by Crippen LogP contribution is 2.23. The molecule has 1 amide bonds. The topological polar surface area (TPSA) is 67.2 Å². The van der Waals surface area contributed by atoms with Gasteiger partial charge >= 0.3 is 0 Å². The van der Waals surface area contributed by atoms with E-state index in [9.17, 15) is 4.79 Å². The molecule has 1 aromatic carbocycles. The van der Waals surface area contributed by atoms with Crippen LogP contribution in [0.4, 0.5) is 0 Å². The molecule has 1 aromatic rings. The highest BCUT2D eigenvalue weighted by molar-refractivity contribution is 5.78. The monoisotopic (exact) mass is 273 g/mol. The average Bonchev–Trinajstić information content (AvgIpc) is 2.92. The molecule has 1 fully saturated rings. The first-order valence-electron chi connectivity index (χ1n) is 7.57. The maximum atomic E-state index is 12.2. The number of nitrogens with two attached hydrogens (primary N) is 1. The van der Waals surface area contributed by atoms with Crippen LogP contribution in [-0.2, 0) is 24.4 Å². The van der Waals surface area contributed by atoms with Gasteiger partial charge in [-0.05, 0) is 36.0 Å². The van der Waals surface area contributed by atoms with E-state index >= 15 is 0 Å². The van der Waals surface area contributed by atoms with E-state index in [0.29, 0.717) is 6.54 Å². The Labute approximate surface area is 120 Å². The van der Waals surface area contributed by atoms with Crippen LogP contribution in [0.15, 0.2) is 18.2 Å². The molecule has 1 saturated carbocycles. The maximum absolute atomic E-state index is 12.2. The molecular formula is C16H23N3O. The number of nitrogens with one attached hydrogen (secondary N) is 2. The Morgan fingerprint density at radius 2 is 2.15 bits per heavy atom. The zero-order valence-electron chi connectivity index (χ0n) is 11.8. The molecule has 2 aliphatic rings. The Bertz CT molecular complexity index is 500. The van der Waals surface area contributed by atoms with Crippen molar-refractivity contribution < 1.29 is 4.79 Å². The third-order valence-electron chi connectivity index (χ3n) is 4.45. The summed E-state index contributed by atoms with van der Waals surface area (Å²) in [5.74, 6) is 0.272. The van der Waals surface area contributed by atoms with E-state index in [4.69, 9.17) is 5.73 Å². The van der Waals surface area contributed by atoms with Crippen molar-refractivity contribution in [2.24, 2.45) is 11.7 Å². The van der Waals surface area contributed by atoms with Crippen LogP contribution in [0.1, 0.15) is 42.4 Å². The van der Waals surface area contributed by atoms with Gasteiger partial charge in [-0.2, -0.15) is 0 Å². The molecule has 1 aliphatic heterocycles. The minimum atomic E-state index is 0.106. The Morgan fingerprint density at radius 3 is 3.00 bits per heavy atom. The summed E-state index contributed by atoms with van der Waals surface area (Å²) >= 11 is 0. The van der Waals surface area contributed by atoms with Gasteiger partial charge in [0.2, 0.25) is 5.91 Å². The Balaban J connectivity index is 1.55. The molecule has 0 bridgehead atoms. The van der Waals surface area contributed by atoms with Gasteiger partial charge in [-0.25, -0.2) is 0 Å². The minimum absolute atomic E-state index is 0.106. The maximum Gasteiger partial charge on any atom is 0.223 e. The standard InChI is InChI=1S/C16H23N3O/c17-15-3-1-2-12(7-15)16(20)19-8-11-4-5-13-9-18-10-14(13)6-11/h4-6,12,15,18H,1-3,7-10,17H2,(H,19,20). The van der Waals surface area contributed by atoms with E-state index in [-0.39, 0.29) is 17.9 Å². The molecule has 2 atom stereocenters. The normalized spacial score (nSPS) is 25.2. The second-order valence-corrected chi connectivity index (χ2v) is 6.05. The molecule has 3 rings (SSSR count). The lowest BCUT2D eigenvalue weighted by atomic mass is 9.85. The quantitative estimate of drug-likeness (QED) is 0.780. The van der Waals surface area contributed by atoms with Crippen LogP contribution in [0.2, 0.25) is 0 Å². The third-order valence-corrected chi connectivity index (χ3v) is 4.45. The van der Waals surface area contributed by atoms with Crippen molar-refractivity contribution >= 4 is 5.91 Å². The smallest absolute Gasteiger partial charge is 0.223 e. The fourth-order valence-electron chi connectivity index (χ4n) is 3.26. The molecule has 4 N–H and O–H groups in total. The molecule has 0 radical (unpaired) electrons. The van der Waals surface area contributed by atoms with Crippen LogP contribution in [0.3, 0.4) is 0 Å². The Kier molecular flexibility index (Phi) is 4.03. The number of hydrogen-bond acceptors (Lipinski definition) is 3. The van der Waals surface area contributed by atoms with Crippen LogP contribution in [0, 0.1) is 5.92 Å². The van der Waals surface area contributed by atoms with Gasteiger partial charge in [-0.1, -0.05) is 24.6 Å². The van der Waals surface area contributed by atoms with E-state index in [0.717, 1.165) is 38.8 Å². The second-order valence-electron chi connectivity index (χ2n) is 6.05. The molecule has 20 heavy (non-hydrogen) atoms. The lowest BCUT2D eigenvalue weighted by molar-refractivity contribution is -0.126. The van der Waals surface area contributed by atoms with E-state index in [1.54, 1.807) is 0 Å². The Hall–Kier alpha value is -1.39. The van der Waals surface area contributed by atoms with Gasteiger partial charge in [0.05, 0.1) is 0 Å². The second kappa shape index (κ2) is 5.94. The number of amides is 1. The molecule has 1 heterocycles. The van der Waals surface area contributed by atoms with E-state index in [2.05, 4.69) is 28.8 Å². The number of benzene rings is 1. The first kappa shape index (κ1) is 13.6. The van der Waals surface area contributed by atoms with Gasteiger partial charge in [0, 0.05) is 31.6 Å². The summed E-state index contributed by atoms with van der Waals surface area (Å²) in [6.45, 7) is 2.52. The summed E-state index contributed by atoms with van der Waals surface area (Å²) in [7, 11) is 0. The highest BCUT2D eigenvalue weighted by Gasteiger charge is 2.25. The van der Waals surface area contributed by atoms with Crippen LogP contribution < -0.4 is 16.4 Å². The van der Waals surface area contributed by atoms with Crippen molar-refractivity contribution in [2.75, 3.05) is 0 Å². The van der Waals surface area contributed by atoms with Crippen LogP contribution in [0.5, 0.6) is 0 Å². The largest absolute Gasteiger partial charge is 0.352 e. The number of carbonyl (C=O) groups is 1. The first-order chi connectivity index (χ1) is 9.72. The summed E-state index contributed by atoms with van der Waals surface area (Å²) in [5.41, 5.74) is 9.86. The molecule has 1 aliphatic carbocycles. The average molecular weight is 273 g/mol. The van der Waals surface area contributed by atoms with E-state index in [1.807, 2.05) is 0 Å². The van der Waals surface area contributed by atoms with Crippen molar-refractivity contribution in [1.29, 1.82) is 0 Å². The summed E-state index contributed by atoms with van der Waals surface area (Å²) < 4.78 is 0. The van der Waals surface area contributed by atoms with Gasteiger partial charge in [-0.3, -0.25) is 4.79 Å². The van der Waals surface area contributed by atoms with Crippen LogP contribution in [-0.4, -0.2) is 11.9 Å². The lowest BCUT2D eigenvalue weighted by Gasteiger charge is -2.25. The fraction of sp³-hybridized carbons (Fsp3) is 0.562. The first-order valence-corrected chi connectivity index (χ1v) is 7.57. The van der Waals surface area contributed by atoms with Gasteiger partial charge < -0.3 is 16.4 Å². The zero-order chi connectivity index (χ0) is 13.9. The summed E-state index contributed by atoms with van der Waals surface area (Å²) in [6, 6.07) is 6.67. The van der Waals surface area contributed by atoms with Gasteiger partial charge in [-0.15, -0.1) is 0 Å². The summed E-state index contributed by atoms with van der Waals surface area (Å²) in [5, 5.41) is 6.40. The van der Waals surface area contributed by atoms with Gasteiger partial charge in [0.25, 0.3) is 0 Å². The van der Waals surface area contributed by atoms with Crippen LogP contribution in [0.25, 0.3) is 0 Å². The molecule has 108 valence electrons. The lowest BCUT2D eigenvalue weighted by Crippen LogP contribution is -2.37. The molecular weight excluding hydrogens is 250 g/mol. The molecule has 0 spiro atoms. The fourth-order valence-corrected chi connectivity index (χ4v) is 3.26. The highest BCUT2D eigenvalue weighted by atomic mass is 16.1. The number of hydrogen-bond donors (Lipinski definition) is 3. The van der Waals surface area contributed by atoms with Crippen molar-refractivity contribution in [2.45, 2.75) is 51.4 Å². The van der Waals surface area contributed by atoms with Crippen molar-refractivity contribution in [3.63, 3.8) is 0 Å².